The maximum atomic E-state index is 12.5. The van der Waals surface area contributed by atoms with Crippen molar-refractivity contribution in [3.63, 3.8) is 0 Å². The monoisotopic (exact) mass is 706 g/mol. The molecular formula is C30H37BrCl2O6S2. The molecule has 2 aliphatic carbocycles. The van der Waals surface area contributed by atoms with E-state index in [1.165, 1.54) is 37.1 Å². The molecule has 2 aromatic rings. The predicted octanol–water partition coefficient (Wildman–Crippen LogP) is 7.76. The number of hydrogen-bond donors (Lipinski definition) is 0. The van der Waals surface area contributed by atoms with E-state index in [1.807, 2.05) is 0 Å². The molecule has 226 valence electrons. The van der Waals surface area contributed by atoms with Crippen molar-refractivity contribution in [2.45, 2.75) is 85.2 Å². The fourth-order valence-electron chi connectivity index (χ4n) is 5.35. The average Bonchev–Trinajstić information content (AvgIpc) is 2.93. The fourth-order valence-corrected chi connectivity index (χ4v) is 8.22. The van der Waals surface area contributed by atoms with Gasteiger partial charge in [-0.1, -0.05) is 89.8 Å². The van der Waals surface area contributed by atoms with Crippen LogP contribution in [0.4, 0.5) is 0 Å². The van der Waals surface area contributed by atoms with Gasteiger partial charge in [0.2, 0.25) is 0 Å². The molecule has 1 unspecified atom stereocenters. The van der Waals surface area contributed by atoms with Crippen molar-refractivity contribution in [3.8, 4) is 0 Å². The summed E-state index contributed by atoms with van der Waals surface area (Å²) in [7, 11) is -6.55. The lowest BCUT2D eigenvalue weighted by Crippen LogP contribution is -2.21. The van der Waals surface area contributed by atoms with Crippen molar-refractivity contribution in [1.82, 2.24) is 0 Å². The summed E-state index contributed by atoms with van der Waals surface area (Å²) in [5, 5.41) is 0.668. The Kier molecular flexibility index (Phi) is 12.5. The zero-order valence-electron chi connectivity index (χ0n) is 23.4. The lowest BCUT2D eigenvalue weighted by atomic mass is 9.84. The lowest BCUT2D eigenvalue weighted by Gasteiger charge is -2.23. The van der Waals surface area contributed by atoms with Gasteiger partial charge in [0.05, 0.1) is 14.6 Å². The molecule has 0 radical (unpaired) electrons. The molecule has 0 amide bonds. The van der Waals surface area contributed by atoms with Gasteiger partial charge in [0, 0.05) is 40.8 Å². The maximum Gasteiger partial charge on any atom is 0.175 e. The molecule has 0 heterocycles. The molecule has 4 rings (SSSR count). The van der Waals surface area contributed by atoms with Gasteiger partial charge in [-0.3, -0.25) is 9.59 Å². The van der Waals surface area contributed by atoms with Crippen LogP contribution in [-0.4, -0.2) is 40.9 Å². The van der Waals surface area contributed by atoms with Gasteiger partial charge in [-0.2, -0.15) is 0 Å². The molecule has 2 saturated carbocycles. The van der Waals surface area contributed by atoms with Crippen molar-refractivity contribution >= 4 is 70.4 Å². The Labute approximate surface area is 262 Å². The first-order valence-electron chi connectivity index (χ1n) is 13.9. The van der Waals surface area contributed by atoms with Crippen LogP contribution in [0.5, 0.6) is 0 Å². The predicted molar refractivity (Wildman–Crippen MR) is 168 cm³/mol. The Morgan fingerprint density at radius 1 is 0.756 bits per heavy atom. The van der Waals surface area contributed by atoms with Crippen LogP contribution in [-0.2, 0) is 35.7 Å². The molecule has 2 aromatic carbocycles. The summed E-state index contributed by atoms with van der Waals surface area (Å²) in [6.45, 7) is 0. The number of sulfone groups is 2. The third-order valence-electron chi connectivity index (χ3n) is 7.81. The summed E-state index contributed by atoms with van der Waals surface area (Å²) in [6.07, 6.45) is 13.2. The van der Waals surface area contributed by atoms with Gasteiger partial charge >= 0.3 is 0 Å². The summed E-state index contributed by atoms with van der Waals surface area (Å²) >= 11 is 15.7. The Morgan fingerprint density at radius 3 is 1.68 bits per heavy atom. The van der Waals surface area contributed by atoms with Gasteiger partial charge in [-0.25, -0.2) is 16.8 Å². The van der Waals surface area contributed by atoms with Crippen LogP contribution in [0.15, 0.2) is 46.2 Å². The molecular weight excluding hydrogens is 671 g/mol. The quantitative estimate of drug-likeness (QED) is 0.260. The zero-order valence-corrected chi connectivity index (χ0v) is 28.1. The maximum absolute atomic E-state index is 12.5. The molecule has 11 heteroatoms. The molecule has 0 N–H and O–H groups in total. The highest BCUT2D eigenvalue weighted by Crippen LogP contribution is 2.37. The number of alkyl halides is 1. The van der Waals surface area contributed by atoms with Crippen LogP contribution < -0.4 is 0 Å². The minimum atomic E-state index is -3.29. The van der Waals surface area contributed by atoms with E-state index in [-0.39, 0.29) is 33.2 Å². The topological polar surface area (TPSA) is 102 Å². The van der Waals surface area contributed by atoms with Crippen LogP contribution in [0.1, 0.15) is 80.2 Å². The fraction of sp³-hybridized carbons (Fsp3) is 0.533. The summed E-state index contributed by atoms with van der Waals surface area (Å²) < 4.78 is 45.9. The summed E-state index contributed by atoms with van der Waals surface area (Å²) in [6, 6.07) is 9.14. The number of hydrogen-bond acceptors (Lipinski definition) is 6. The van der Waals surface area contributed by atoms with Gasteiger partial charge in [0.15, 0.2) is 25.5 Å². The van der Waals surface area contributed by atoms with Crippen LogP contribution in [0.3, 0.4) is 0 Å². The van der Waals surface area contributed by atoms with Crippen LogP contribution in [0.25, 0.3) is 0 Å². The van der Waals surface area contributed by atoms with Gasteiger partial charge in [0.25, 0.3) is 0 Å². The Morgan fingerprint density at radius 2 is 1.22 bits per heavy atom. The third-order valence-corrected chi connectivity index (χ3v) is 11.7. The standard InChI is InChI=1S/C15H18BrClO3S.C15H19ClO3S/c1-21(19,20)11-7-8-12(13(17)9-11)14(16)15(18)10-5-3-2-4-6-10;1-20(18,19)13-8-7-12(14(16)10-13)9-15(17)11-5-3-2-4-6-11/h7-10,14H,2-6H2,1H3;7-8,10-11H,2-6,9H2,1H3. The number of carbonyl (C=O) groups excluding carboxylic acids is 2. The molecule has 0 bridgehead atoms. The van der Waals surface area contributed by atoms with Crippen molar-refractivity contribution in [2.75, 3.05) is 12.5 Å². The molecule has 1 atom stereocenters. The SMILES string of the molecule is CS(=O)(=O)c1ccc(C(Br)C(=O)C2CCCCC2)c(Cl)c1.CS(=O)(=O)c1ccc(CC(=O)C2CCCCC2)c(Cl)c1. The van der Waals surface area contributed by atoms with Gasteiger partial charge in [-0.05, 0) is 61.1 Å². The highest BCUT2D eigenvalue weighted by Gasteiger charge is 2.29. The molecule has 0 aromatic heterocycles. The Bertz CT molecular complexity index is 1460. The lowest BCUT2D eigenvalue weighted by molar-refractivity contribution is -0.123. The van der Waals surface area contributed by atoms with Crippen molar-refractivity contribution in [2.24, 2.45) is 11.8 Å². The molecule has 2 aliphatic rings. The van der Waals surface area contributed by atoms with Gasteiger partial charge < -0.3 is 0 Å². The van der Waals surface area contributed by atoms with E-state index in [1.54, 1.807) is 12.1 Å². The Balaban J connectivity index is 0.000000226. The second-order valence-electron chi connectivity index (χ2n) is 11.1. The summed E-state index contributed by atoms with van der Waals surface area (Å²) in [5.74, 6) is 0.589. The van der Waals surface area contributed by atoms with Crippen molar-refractivity contribution in [1.29, 1.82) is 0 Å². The first-order valence-corrected chi connectivity index (χ1v) is 19.3. The van der Waals surface area contributed by atoms with E-state index in [2.05, 4.69) is 15.9 Å². The number of benzene rings is 2. The van der Waals surface area contributed by atoms with Crippen LogP contribution >= 0.6 is 39.1 Å². The number of halogens is 3. The van der Waals surface area contributed by atoms with Crippen LogP contribution in [0.2, 0.25) is 10.0 Å². The number of rotatable bonds is 8. The normalized spacial score (nSPS) is 17.8. The van der Waals surface area contributed by atoms with E-state index < -0.39 is 24.5 Å². The summed E-state index contributed by atoms with van der Waals surface area (Å²) in [5.41, 5.74) is 1.36. The molecule has 0 spiro atoms. The van der Waals surface area contributed by atoms with E-state index in [4.69, 9.17) is 23.2 Å². The smallest absolute Gasteiger partial charge is 0.175 e. The third kappa shape index (κ3) is 9.88. The second-order valence-corrected chi connectivity index (χ2v) is 16.8. The number of ketones is 2. The van der Waals surface area contributed by atoms with Gasteiger partial charge in [0.1, 0.15) is 5.78 Å². The van der Waals surface area contributed by atoms with Crippen molar-refractivity contribution in [3.05, 3.63) is 57.6 Å². The molecule has 2 fully saturated rings. The molecule has 0 saturated heterocycles. The van der Waals surface area contributed by atoms with Crippen LogP contribution in [0, 0.1) is 11.8 Å². The van der Waals surface area contributed by atoms with E-state index in [0.717, 1.165) is 69.4 Å². The molecule has 41 heavy (non-hydrogen) atoms. The van der Waals surface area contributed by atoms with E-state index in [0.29, 0.717) is 22.0 Å². The summed E-state index contributed by atoms with van der Waals surface area (Å²) in [4.78, 5) is 24.6. The highest BCUT2D eigenvalue weighted by atomic mass is 79.9. The second kappa shape index (κ2) is 15.0. The zero-order chi connectivity index (χ0) is 30.4. The first kappa shape index (κ1) is 34.2. The minimum absolute atomic E-state index is 0.0776. The minimum Gasteiger partial charge on any atom is -0.299 e. The van der Waals surface area contributed by atoms with E-state index in [9.17, 15) is 26.4 Å². The molecule has 0 aliphatic heterocycles. The largest absolute Gasteiger partial charge is 0.299 e. The van der Waals surface area contributed by atoms with Gasteiger partial charge in [-0.15, -0.1) is 0 Å². The Hall–Kier alpha value is -1.26. The highest BCUT2D eigenvalue weighted by molar-refractivity contribution is 9.09. The van der Waals surface area contributed by atoms with Crippen molar-refractivity contribution < 1.29 is 26.4 Å². The molecule has 6 nitrogen and oxygen atoms in total. The number of carbonyl (C=O) groups is 2. The average molecular weight is 709 g/mol. The first-order chi connectivity index (χ1) is 19.2. The number of Topliss-reactive ketones (excluding diaryl/α,β-unsaturated/α-hetero) is 2. The van der Waals surface area contributed by atoms with E-state index >= 15 is 0 Å².